The molecule has 0 aliphatic carbocycles. The first-order chi connectivity index (χ1) is 19.1. The average Bonchev–Trinajstić information content (AvgIpc) is 3.47. The van der Waals surface area contributed by atoms with Crippen LogP contribution in [0.3, 0.4) is 0 Å². The molecule has 236 valence electrons. The molecule has 0 fully saturated rings. The van der Waals surface area contributed by atoms with Crippen molar-refractivity contribution < 1.29 is 9.90 Å². The summed E-state index contributed by atoms with van der Waals surface area (Å²) < 4.78 is 0. The van der Waals surface area contributed by atoms with Crippen LogP contribution in [0.25, 0.3) is 0 Å². The van der Waals surface area contributed by atoms with Crippen molar-refractivity contribution in [1.29, 1.82) is 0 Å². The molecule has 0 aromatic carbocycles. The molecule has 2 unspecified atom stereocenters. The topological polar surface area (TPSA) is 52.9 Å². The van der Waals surface area contributed by atoms with Crippen molar-refractivity contribution in [1.82, 2.24) is 4.90 Å². The Labute approximate surface area is 255 Å². The number of hydrogen-bond donors (Lipinski definition) is 1. The molecule has 1 amide bonds. The van der Waals surface area contributed by atoms with E-state index < -0.39 is 11.5 Å². The van der Waals surface area contributed by atoms with Crippen LogP contribution >= 0.6 is 12.4 Å². The number of aliphatic hydroxyl groups is 1. The quantitative estimate of drug-likeness (QED) is 0.0773. The Hall–Kier alpha value is -0.870. The Morgan fingerprint density at radius 1 is 0.750 bits per heavy atom. The van der Waals surface area contributed by atoms with Crippen molar-refractivity contribution in [2.75, 3.05) is 13.1 Å². The van der Waals surface area contributed by atoms with Gasteiger partial charge in [-0.05, 0) is 45.4 Å². The van der Waals surface area contributed by atoms with E-state index >= 15 is 0 Å². The lowest BCUT2D eigenvalue weighted by atomic mass is 9.72. The lowest BCUT2D eigenvalue weighted by molar-refractivity contribution is -0.145. The largest absolute Gasteiger partial charge is 0.392 e. The zero-order valence-corrected chi connectivity index (χ0v) is 27.7. The highest BCUT2D eigenvalue weighted by Gasteiger charge is 2.44. The van der Waals surface area contributed by atoms with Gasteiger partial charge in [-0.1, -0.05) is 142 Å². The number of allylic oxidation sites excluding steroid dienone is 2. The monoisotopic (exact) mass is 582 g/mol. The third-order valence-electron chi connectivity index (χ3n) is 8.79. The molecular formula is C35H67ClN2O2. The zero-order chi connectivity index (χ0) is 28.4. The van der Waals surface area contributed by atoms with Gasteiger partial charge in [0.2, 0.25) is 5.91 Å². The van der Waals surface area contributed by atoms with Gasteiger partial charge in [0.15, 0.2) is 0 Å². The molecule has 0 radical (unpaired) electrons. The van der Waals surface area contributed by atoms with Crippen molar-refractivity contribution in [3.63, 3.8) is 0 Å². The summed E-state index contributed by atoms with van der Waals surface area (Å²) in [6, 6.07) is 0. The van der Waals surface area contributed by atoms with Gasteiger partial charge in [-0.25, -0.2) is 0 Å². The highest BCUT2D eigenvalue weighted by Crippen LogP contribution is 2.38. The lowest BCUT2D eigenvalue weighted by Crippen LogP contribution is -2.49. The SMILES string of the molecule is CCCCCCCCC=CCCCCCCC(CCCCCCCCCCCC)(C(=O)N1C=NCC1)C(C)O.Cl. The molecule has 5 heteroatoms. The van der Waals surface area contributed by atoms with Crippen LogP contribution in [-0.2, 0) is 4.79 Å². The Morgan fingerprint density at radius 3 is 1.52 bits per heavy atom. The second kappa shape index (κ2) is 27.0. The molecular weight excluding hydrogens is 516 g/mol. The molecule has 1 heterocycles. The molecule has 0 aromatic rings. The molecule has 1 rings (SSSR count). The standard InChI is InChI=1S/C35H66N2O2.ClH/c1-4-6-8-10-12-14-16-17-18-19-21-23-25-27-29-35(33(3)38,34(39)37-31-30-36-32-37)28-26-24-22-20-15-13-11-9-7-5-2;/h17-18,32-33,38H,4-16,19-31H2,1-3H3;1H. The van der Waals surface area contributed by atoms with Crippen molar-refractivity contribution >= 4 is 24.7 Å². The summed E-state index contributed by atoms with van der Waals surface area (Å²) in [7, 11) is 0. The van der Waals surface area contributed by atoms with E-state index in [1.165, 1.54) is 116 Å². The van der Waals surface area contributed by atoms with E-state index in [1.807, 2.05) is 6.92 Å². The Balaban J connectivity index is 0.0000152. The minimum absolute atomic E-state index is 0. The van der Waals surface area contributed by atoms with Crippen molar-refractivity contribution in [2.45, 2.75) is 181 Å². The first kappa shape index (κ1) is 39.1. The molecule has 0 saturated heterocycles. The molecule has 40 heavy (non-hydrogen) atoms. The summed E-state index contributed by atoms with van der Waals surface area (Å²) in [6.45, 7) is 7.74. The maximum Gasteiger partial charge on any atom is 0.236 e. The summed E-state index contributed by atoms with van der Waals surface area (Å²) in [5, 5.41) is 10.9. The minimum Gasteiger partial charge on any atom is -0.392 e. The third kappa shape index (κ3) is 17.8. The van der Waals surface area contributed by atoms with Gasteiger partial charge in [0.1, 0.15) is 0 Å². The van der Waals surface area contributed by atoms with E-state index in [-0.39, 0.29) is 18.3 Å². The van der Waals surface area contributed by atoms with Crippen molar-refractivity contribution in [2.24, 2.45) is 10.4 Å². The number of unbranched alkanes of at least 4 members (excludes halogenated alkanes) is 19. The van der Waals surface area contributed by atoms with Gasteiger partial charge < -0.3 is 10.0 Å². The van der Waals surface area contributed by atoms with Crippen LogP contribution in [-0.4, -0.2) is 41.4 Å². The second-order valence-corrected chi connectivity index (χ2v) is 12.3. The predicted octanol–water partition coefficient (Wildman–Crippen LogP) is 10.6. The fourth-order valence-electron chi connectivity index (χ4n) is 6.02. The first-order valence-corrected chi connectivity index (χ1v) is 17.2. The molecule has 0 spiro atoms. The number of halogens is 1. The fourth-order valence-corrected chi connectivity index (χ4v) is 6.02. The maximum absolute atomic E-state index is 13.6. The minimum atomic E-state index is -0.659. The molecule has 0 bridgehead atoms. The number of rotatable bonds is 27. The van der Waals surface area contributed by atoms with E-state index in [0.717, 1.165) is 38.5 Å². The summed E-state index contributed by atoms with van der Waals surface area (Å²) in [4.78, 5) is 19.7. The zero-order valence-electron chi connectivity index (χ0n) is 26.9. The van der Waals surface area contributed by atoms with E-state index in [4.69, 9.17) is 0 Å². The number of aliphatic imine (C=N–C) groups is 1. The first-order valence-electron chi connectivity index (χ1n) is 17.2. The molecule has 0 aromatic heterocycles. The van der Waals surface area contributed by atoms with Crippen LogP contribution in [0.5, 0.6) is 0 Å². The third-order valence-corrected chi connectivity index (χ3v) is 8.79. The lowest BCUT2D eigenvalue weighted by Gasteiger charge is -2.37. The van der Waals surface area contributed by atoms with Gasteiger partial charge >= 0.3 is 0 Å². The molecule has 1 N–H and O–H groups in total. The molecule has 1 aliphatic heterocycles. The van der Waals surface area contributed by atoms with E-state index in [2.05, 4.69) is 31.0 Å². The Bertz CT molecular complexity index is 637. The van der Waals surface area contributed by atoms with E-state index in [9.17, 15) is 9.90 Å². The highest BCUT2D eigenvalue weighted by atomic mass is 35.5. The van der Waals surface area contributed by atoms with Crippen molar-refractivity contribution in [3.05, 3.63) is 12.2 Å². The number of nitrogens with zero attached hydrogens (tertiary/aromatic N) is 2. The Morgan fingerprint density at radius 2 is 1.15 bits per heavy atom. The molecule has 1 aliphatic rings. The van der Waals surface area contributed by atoms with Gasteiger partial charge in [-0.15, -0.1) is 12.4 Å². The van der Waals surface area contributed by atoms with E-state index in [1.54, 1.807) is 11.2 Å². The smallest absolute Gasteiger partial charge is 0.236 e. The van der Waals surface area contributed by atoms with Crippen LogP contribution in [0.4, 0.5) is 0 Å². The number of hydrogen-bond acceptors (Lipinski definition) is 3. The van der Waals surface area contributed by atoms with Crippen LogP contribution in [0, 0.1) is 5.41 Å². The second-order valence-electron chi connectivity index (χ2n) is 12.3. The van der Waals surface area contributed by atoms with Crippen LogP contribution in [0.1, 0.15) is 175 Å². The number of amides is 1. The van der Waals surface area contributed by atoms with Gasteiger partial charge in [-0.3, -0.25) is 9.79 Å². The Kier molecular flexibility index (Phi) is 26.4. The summed E-state index contributed by atoms with van der Waals surface area (Å²) in [5.74, 6) is 0.104. The van der Waals surface area contributed by atoms with Crippen LogP contribution < -0.4 is 0 Å². The van der Waals surface area contributed by atoms with Gasteiger partial charge in [0.25, 0.3) is 0 Å². The van der Waals surface area contributed by atoms with Gasteiger partial charge in [-0.2, -0.15) is 0 Å². The fraction of sp³-hybridized carbons (Fsp3) is 0.886. The van der Waals surface area contributed by atoms with Crippen LogP contribution in [0.2, 0.25) is 0 Å². The number of aliphatic hydroxyl groups excluding tert-OH is 1. The van der Waals surface area contributed by atoms with Crippen LogP contribution in [0.15, 0.2) is 17.1 Å². The number of carbonyl (C=O) groups is 1. The normalized spacial score (nSPS) is 15.4. The molecule has 2 atom stereocenters. The maximum atomic E-state index is 13.6. The number of carbonyl (C=O) groups excluding carboxylic acids is 1. The molecule has 4 nitrogen and oxygen atoms in total. The predicted molar refractivity (Wildman–Crippen MR) is 178 cm³/mol. The van der Waals surface area contributed by atoms with E-state index in [0.29, 0.717) is 13.1 Å². The summed E-state index contributed by atoms with van der Waals surface area (Å²) in [6.07, 6.45) is 35.4. The highest BCUT2D eigenvalue weighted by molar-refractivity contribution is 5.93. The van der Waals surface area contributed by atoms with Crippen molar-refractivity contribution in [3.8, 4) is 0 Å². The van der Waals surface area contributed by atoms with Gasteiger partial charge in [0.05, 0.1) is 24.4 Å². The molecule has 0 saturated carbocycles. The average molecular weight is 583 g/mol. The van der Waals surface area contributed by atoms with Gasteiger partial charge in [0, 0.05) is 6.54 Å². The summed E-state index contributed by atoms with van der Waals surface area (Å²) in [5.41, 5.74) is -0.659. The summed E-state index contributed by atoms with van der Waals surface area (Å²) >= 11 is 0.